The van der Waals surface area contributed by atoms with Gasteiger partial charge in [-0.25, -0.2) is 9.59 Å². The minimum absolute atomic E-state index is 0.0394. The Bertz CT molecular complexity index is 1300. The average Bonchev–Trinajstić information content (AvgIpc) is 3.31. The van der Waals surface area contributed by atoms with E-state index in [0.717, 1.165) is 44.6 Å². The maximum Gasteiger partial charge on any atom is 0.414 e. The predicted octanol–water partition coefficient (Wildman–Crippen LogP) is 6.74. The number of aliphatic hydroxyl groups excluding tert-OH is 1. The molecule has 3 rings (SSSR count). The normalized spacial score (nSPS) is 14.0. The van der Waals surface area contributed by atoms with Crippen molar-refractivity contribution in [1.82, 2.24) is 14.7 Å². The summed E-state index contributed by atoms with van der Waals surface area (Å²) in [5, 5.41) is 23.1. The Hall–Kier alpha value is -3.95. The number of nitrogens with zero attached hydrogens (tertiary/aromatic N) is 4. The van der Waals surface area contributed by atoms with Crippen LogP contribution in [0.2, 0.25) is 0 Å². The average molecular weight is 607 g/mol. The van der Waals surface area contributed by atoms with Crippen molar-refractivity contribution in [3.8, 4) is 0 Å². The number of carboxylic acids is 1. The van der Waals surface area contributed by atoms with E-state index in [-0.39, 0.29) is 18.2 Å². The molecule has 0 atom stereocenters. The minimum atomic E-state index is -0.999. The second kappa shape index (κ2) is 18.7. The number of hydrogen-bond acceptors (Lipinski definition) is 6. The van der Waals surface area contributed by atoms with E-state index in [0.29, 0.717) is 18.2 Å². The van der Waals surface area contributed by atoms with Crippen molar-refractivity contribution in [2.45, 2.75) is 66.5 Å². The number of carbonyl (C=O) groups excluding carboxylic acids is 1. The predicted molar refractivity (Wildman–Crippen MR) is 177 cm³/mol. The van der Waals surface area contributed by atoms with Crippen molar-refractivity contribution in [1.29, 1.82) is 0 Å². The van der Waals surface area contributed by atoms with Crippen LogP contribution in [0.1, 0.15) is 73.9 Å². The minimum Gasteiger partial charge on any atom is -0.478 e. The van der Waals surface area contributed by atoms with Crippen molar-refractivity contribution in [3.05, 3.63) is 95.4 Å². The molecule has 1 fully saturated rings. The van der Waals surface area contributed by atoms with Gasteiger partial charge in [-0.1, -0.05) is 48.6 Å². The van der Waals surface area contributed by atoms with E-state index in [1.54, 1.807) is 29.2 Å². The molecule has 1 aliphatic rings. The van der Waals surface area contributed by atoms with Crippen molar-refractivity contribution in [3.63, 3.8) is 0 Å². The zero-order valence-corrected chi connectivity index (χ0v) is 27.2. The summed E-state index contributed by atoms with van der Waals surface area (Å²) in [4.78, 5) is 27.6. The van der Waals surface area contributed by atoms with Gasteiger partial charge < -0.3 is 14.9 Å². The van der Waals surface area contributed by atoms with Crippen LogP contribution in [-0.2, 0) is 17.7 Å². The summed E-state index contributed by atoms with van der Waals surface area (Å²) in [5.41, 5.74) is 5.59. The van der Waals surface area contributed by atoms with Gasteiger partial charge in [-0.15, -0.1) is 0 Å². The Morgan fingerprint density at radius 1 is 1.14 bits per heavy atom. The second-order valence-electron chi connectivity index (χ2n) is 11.4. The number of allylic oxidation sites excluding steroid dienone is 6. The molecule has 0 spiro atoms. The van der Waals surface area contributed by atoms with Gasteiger partial charge in [0.15, 0.2) is 0 Å². The number of methoxy groups -OCH3 is 1. The third-order valence-electron chi connectivity index (χ3n) is 7.46. The molecule has 9 nitrogen and oxygen atoms in total. The van der Waals surface area contributed by atoms with E-state index in [9.17, 15) is 9.59 Å². The summed E-state index contributed by atoms with van der Waals surface area (Å²) < 4.78 is 7.08. The summed E-state index contributed by atoms with van der Waals surface area (Å²) in [6, 6.07) is 6.56. The molecular weight excluding hydrogens is 556 g/mol. The molecule has 1 aromatic carbocycles. The van der Waals surface area contributed by atoms with Crippen molar-refractivity contribution in [2.24, 2.45) is 5.92 Å². The molecule has 1 amide bonds. The van der Waals surface area contributed by atoms with Gasteiger partial charge in [0.05, 0.1) is 25.0 Å². The number of aromatic nitrogens is 2. The lowest BCUT2D eigenvalue weighted by Gasteiger charge is -2.34. The third-order valence-corrected chi connectivity index (χ3v) is 7.46. The van der Waals surface area contributed by atoms with E-state index in [1.807, 2.05) is 24.3 Å². The lowest BCUT2D eigenvalue weighted by Crippen LogP contribution is -2.41. The van der Waals surface area contributed by atoms with Crippen LogP contribution >= 0.6 is 0 Å². The number of benzene rings is 1. The highest BCUT2D eigenvalue weighted by Crippen LogP contribution is 2.26. The SMILES string of the molecule is C=C/C=C\C=C(C)C.COC(=O)N(CC1CCN(Cc2nn(C(C)C)c(C/C=C\CO)c2C)CC1)c1ccc(C(=O)O)cc1. The highest BCUT2D eigenvalue weighted by atomic mass is 16.5. The van der Waals surface area contributed by atoms with E-state index >= 15 is 0 Å². The second-order valence-corrected chi connectivity index (χ2v) is 11.4. The Balaban J connectivity index is 0.000000742. The van der Waals surface area contributed by atoms with Gasteiger partial charge >= 0.3 is 12.1 Å². The number of aliphatic hydroxyl groups is 1. The molecule has 0 bridgehead atoms. The molecule has 44 heavy (non-hydrogen) atoms. The number of carboxylic acid groups (broad SMARTS) is 1. The van der Waals surface area contributed by atoms with Gasteiger partial charge in [0.25, 0.3) is 0 Å². The summed E-state index contributed by atoms with van der Waals surface area (Å²) in [7, 11) is 1.36. The standard InChI is InChI=1S/C27H38N4O5.C8H12/c1-19(2)31-25(7-5-6-16-32)20(3)24(28-31)18-29-14-12-21(13-15-29)17-30(27(35)36-4)23-10-8-22(9-11-23)26(33)34;1-4-5-6-7-8(2)3/h5-6,8-11,19,21,32H,7,12-18H2,1-4H3,(H,33,34);4-7H,1H2,2-3H3/b2*6-5-. The maximum absolute atomic E-state index is 12.5. The van der Waals surface area contributed by atoms with Gasteiger partial charge in [-0.3, -0.25) is 14.5 Å². The number of rotatable bonds is 12. The lowest BCUT2D eigenvalue weighted by molar-refractivity contribution is 0.0697. The van der Waals surface area contributed by atoms with Crippen LogP contribution in [0.15, 0.2) is 72.9 Å². The summed E-state index contributed by atoms with van der Waals surface area (Å²) in [5.74, 6) is -0.686. The highest BCUT2D eigenvalue weighted by Gasteiger charge is 2.26. The van der Waals surface area contributed by atoms with Gasteiger partial charge in [-0.2, -0.15) is 5.10 Å². The third kappa shape index (κ3) is 11.3. The number of anilines is 1. The molecule has 2 heterocycles. The fourth-order valence-corrected chi connectivity index (χ4v) is 5.00. The lowest BCUT2D eigenvalue weighted by atomic mass is 9.95. The van der Waals surface area contributed by atoms with Crippen molar-refractivity contribution >= 4 is 17.7 Å². The molecular formula is C35H50N4O5. The number of piperidine rings is 1. The van der Waals surface area contributed by atoms with Gasteiger partial charge in [-0.05, 0) is 96.3 Å². The number of amides is 1. The van der Waals surface area contributed by atoms with E-state index < -0.39 is 12.1 Å². The van der Waals surface area contributed by atoms with Crippen LogP contribution in [0, 0.1) is 12.8 Å². The van der Waals surface area contributed by atoms with E-state index in [1.165, 1.54) is 36.1 Å². The molecule has 240 valence electrons. The van der Waals surface area contributed by atoms with Gasteiger partial charge in [0.2, 0.25) is 0 Å². The summed E-state index contributed by atoms with van der Waals surface area (Å²) in [6.07, 6.45) is 13.6. The monoisotopic (exact) mass is 606 g/mol. The molecule has 0 unspecified atom stereocenters. The number of hydrogen-bond donors (Lipinski definition) is 2. The van der Waals surface area contributed by atoms with Crippen LogP contribution in [0.3, 0.4) is 0 Å². The first-order valence-corrected chi connectivity index (χ1v) is 15.2. The first kappa shape index (κ1) is 36.2. The topological polar surface area (TPSA) is 108 Å². The van der Waals surface area contributed by atoms with Crippen molar-refractivity contribution in [2.75, 3.05) is 38.3 Å². The summed E-state index contributed by atoms with van der Waals surface area (Å²) in [6.45, 7) is 17.2. The van der Waals surface area contributed by atoms with Crippen LogP contribution in [0.5, 0.6) is 0 Å². The molecule has 0 saturated carbocycles. The van der Waals surface area contributed by atoms with Gasteiger partial charge in [0, 0.05) is 36.9 Å². The van der Waals surface area contributed by atoms with E-state index in [4.69, 9.17) is 20.0 Å². The number of carbonyl (C=O) groups is 2. The first-order valence-electron chi connectivity index (χ1n) is 15.2. The molecule has 9 heteroatoms. The molecule has 0 aliphatic carbocycles. The summed E-state index contributed by atoms with van der Waals surface area (Å²) >= 11 is 0. The molecule has 1 saturated heterocycles. The number of ether oxygens (including phenoxy) is 1. The fourth-order valence-electron chi connectivity index (χ4n) is 5.00. The smallest absolute Gasteiger partial charge is 0.414 e. The van der Waals surface area contributed by atoms with Crippen LogP contribution < -0.4 is 4.90 Å². The Morgan fingerprint density at radius 3 is 2.32 bits per heavy atom. The fraction of sp³-hybridized carbons (Fsp3) is 0.457. The highest BCUT2D eigenvalue weighted by molar-refractivity contribution is 5.90. The zero-order valence-electron chi connectivity index (χ0n) is 27.2. The molecule has 0 radical (unpaired) electrons. The van der Waals surface area contributed by atoms with Crippen molar-refractivity contribution < 1.29 is 24.5 Å². The number of aromatic carboxylic acids is 1. The molecule has 2 N–H and O–H groups in total. The molecule has 2 aromatic rings. The quantitative estimate of drug-likeness (QED) is 0.203. The molecule has 1 aliphatic heterocycles. The Kier molecular flexibility index (Phi) is 15.4. The largest absolute Gasteiger partial charge is 0.478 e. The maximum atomic E-state index is 12.5. The number of likely N-dealkylation sites (tertiary alicyclic amines) is 1. The van der Waals surface area contributed by atoms with E-state index in [2.05, 4.69) is 50.8 Å². The van der Waals surface area contributed by atoms with Crippen LogP contribution in [-0.4, -0.2) is 70.3 Å². The van der Waals surface area contributed by atoms with Gasteiger partial charge in [0.1, 0.15) is 0 Å². The van der Waals surface area contributed by atoms with Crippen LogP contribution in [0.25, 0.3) is 0 Å². The molecule has 1 aromatic heterocycles. The zero-order chi connectivity index (χ0) is 32.6. The first-order chi connectivity index (χ1) is 21.0. The Morgan fingerprint density at radius 2 is 1.80 bits per heavy atom. The Labute approximate surface area is 262 Å². The van der Waals surface area contributed by atoms with Crippen LogP contribution in [0.4, 0.5) is 10.5 Å².